The second-order valence-corrected chi connectivity index (χ2v) is 4.45. The summed E-state index contributed by atoms with van der Waals surface area (Å²) in [6, 6.07) is 5.96. The highest BCUT2D eigenvalue weighted by Gasteiger charge is 2.09. The maximum Gasteiger partial charge on any atom is 0.167 e. The van der Waals surface area contributed by atoms with E-state index in [2.05, 4.69) is 4.98 Å². The van der Waals surface area contributed by atoms with Crippen molar-refractivity contribution in [2.24, 2.45) is 0 Å². The Bertz CT molecular complexity index is 575. The zero-order valence-corrected chi connectivity index (χ0v) is 11.1. The molecular formula is C13H10Cl2FNO. The van der Waals surface area contributed by atoms with Gasteiger partial charge in [-0.1, -0.05) is 11.6 Å². The second kappa shape index (κ2) is 5.55. The van der Waals surface area contributed by atoms with Gasteiger partial charge < -0.3 is 4.74 Å². The van der Waals surface area contributed by atoms with Crippen molar-refractivity contribution in [3.8, 4) is 11.5 Å². The van der Waals surface area contributed by atoms with Crippen LogP contribution in [0.4, 0.5) is 4.39 Å². The number of nitrogens with zero attached hydrogens (tertiary/aromatic N) is 1. The molecule has 2 aromatic rings. The maximum atomic E-state index is 13.6. The third-order valence-electron chi connectivity index (χ3n) is 2.34. The summed E-state index contributed by atoms with van der Waals surface area (Å²) < 4.78 is 19.1. The first-order chi connectivity index (χ1) is 8.60. The van der Waals surface area contributed by atoms with Gasteiger partial charge in [-0.2, -0.15) is 0 Å². The van der Waals surface area contributed by atoms with Gasteiger partial charge in [0.25, 0.3) is 0 Å². The van der Waals surface area contributed by atoms with Crippen molar-refractivity contribution in [2.75, 3.05) is 0 Å². The molecule has 0 aliphatic carbocycles. The molecule has 0 fully saturated rings. The lowest BCUT2D eigenvalue weighted by Gasteiger charge is -2.10. The van der Waals surface area contributed by atoms with E-state index in [4.69, 9.17) is 27.9 Å². The Morgan fingerprint density at radius 1 is 1.28 bits per heavy atom. The third kappa shape index (κ3) is 2.92. The topological polar surface area (TPSA) is 22.1 Å². The van der Waals surface area contributed by atoms with Crippen LogP contribution < -0.4 is 4.74 Å². The van der Waals surface area contributed by atoms with Crippen LogP contribution in [-0.2, 0) is 5.88 Å². The summed E-state index contributed by atoms with van der Waals surface area (Å²) in [6.07, 6.45) is 1.62. The van der Waals surface area contributed by atoms with Gasteiger partial charge >= 0.3 is 0 Å². The summed E-state index contributed by atoms with van der Waals surface area (Å²) in [7, 11) is 0. The quantitative estimate of drug-likeness (QED) is 0.762. The first kappa shape index (κ1) is 13.1. The largest absolute Gasteiger partial charge is 0.454 e. The minimum Gasteiger partial charge on any atom is -0.454 e. The highest BCUT2D eigenvalue weighted by Crippen LogP contribution is 2.29. The lowest BCUT2D eigenvalue weighted by molar-refractivity contribution is 0.438. The van der Waals surface area contributed by atoms with Crippen LogP contribution in [0.25, 0.3) is 0 Å². The number of aryl methyl sites for hydroxylation is 1. The molecule has 18 heavy (non-hydrogen) atoms. The molecule has 0 unspecified atom stereocenters. The number of hydrogen-bond acceptors (Lipinski definition) is 2. The van der Waals surface area contributed by atoms with E-state index < -0.39 is 5.82 Å². The number of hydrogen-bond donors (Lipinski definition) is 0. The lowest BCUT2D eigenvalue weighted by Crippen LogP contribution is -1.94. The Balaban J connectivity index is 2.36. The van der Waals surface area contributed by atoms with E-state index in [9.17, 15) is 4.39 Å². The molecule has 0 amide bonds. The first-order valence-electron chi connectivity index (χ1n) is 5.24. The SMILES string of the molecule is Cc1cc(Oc2ccc(Cl)cc2F)c(CCl)cn1. The van der Waals surface area contributed by atoms with Crippen molar-refractivity contribution in [3.63, 3.8) is 0 Å². The molecule has 5 heteroatoms. The molecule has 0 saturated heterocycles. The average Bonchev–Trinajstić information content (AvgIpc) is 2.33. The van der Waals surface area contributed by atoms with E-state index in [1.165, 1.54) is 12.1 Å². The predicted octanol–water partition coefficient (Wildman–Crippen LogP) is 4.71. The summed E-state index contributed by atoms with van der Waals surface area (Å²) in [5.41, 5.74) is 1.48. The minimum absolute atomic E-state index is 0.108. The minimum atomic E-state index is -0.516. The zero-order chi connectivity index (χ0) is 13.1. The molecule has 0 aliphatic heterocycles. The van der Waals surface area contributed by atoms with Gasteiger partial charge in [-0.3, -0.25) is 4.98 Å². The fourth-order valence-corrected chi connectivity index (χ4v) is 1.79. The Labute approximate surface area is 114 Å². The van der Waals surface area contributed by atoms with Crippen LogP contribution in [0.3, 0.4) is 0 Å². The van der Waals surface area contributed by atoms with Gasteiger partial charge in [-0.15, -0.1) is 11.6 Å². The van der Waals surface area contributed by atoms with Gasteiger partial charge in [0, 0.05) is 28.5 Å². The number of benzene rings is 1. The van der Waals surface area contributed by atoms with Crippen molar-refractivity contribution in [3.05, 3.63) is 52.6 Å². The fraction of sp³-hybridized carbons (Fsp3) is 0.154. The standard InChI is InChI=1S/C13H10Cl2FNO/c1-8-4-13(9(6-14)7-17-8)18-12-3-2-10(15)5-11(12)16/h2-5,7H,6H2,1H3. The van der Waals surface area contributed by atoms with Gasteiger partial charge in [-0.25, -0.2) is 4.39 Å². The predicted molar refractivity (Wildman–Crippen MR) is 70.0 cm³/mol. The summed E-state index contributed by atoms with van der Waals surface area (Å²) >= 11 is 11.5. The van der Waals surface area contributed by atoms with Gasteiger partial charge in [0.2, 0.25) is 0 Å². The van der Waals surface area contributed by atoms with Crippen molar-refractivity contribution >= 4 is 23.2 Å². The van der Waals surface area contributed by atoms with E-state index in [0.29, 0.717) is 16.3 Å². The molecule has 0 radical (unpaired) electrons. The normalized spacial score (nSPS) is 10.4. The molecule has 0 aliphatic rings. The van der Waals surface area contributed by atoms with Crippen molar-refractivity contribution in [1.29, 1.82) is 0 Å². The number of alkyl halides is 1. The first-order valence-corrected chi connectivity index (χ1v) is 6.16. The van der Waals surface area contributed by atoms with Crippen LogP contribution in [0.2, 0.25) is 5.02 Å². The lowest BCUT2D eigenvalue weighted by atomic mass is 10.2. The molecular weight excluding hydrogens is 276 g/mol. The molecule has 0 N–H and O–H groups in total. The van der Waals surface area contributed by atoms with Crippen LogP contribution >= 0.6 is 23.2 Å². The fourth-order valence-electron chi connectivity index (χ4n) is 1.43. The Morgan fingerprint density at radius 3 is 2.72 bits per heavy atom. The van der Waals surface area contributed by atoms with Gasteiger partial charge in [0.05, 0.1) is 5.88 Å². The smallest absolute Gasteiger partial charge is 0.167 e. The molecule has 1 aromatic heterocycles. The summed E-state index contributed by atoms with van der Waals surface area (Å²) in [5.74, 6) is 0.338. The number of aromatic nitrogens is 1. The number of rotatable bonds is 3. The molecule has 2 rings (SSSR count). The van der Waals surface area contributed by atoms with Gasteiger partial charge in [-0.05, 0) is 25.1 Å². The molecule has 2 nitrogen and oxygen atoms in total. The third-order valence-corrected chi connectivity index (χ3v) is 2.86. The maximum absolute atomic E-state index is 13.6. The number of halogens is 3. The van der Waals surface area contributed by atoms with Crippen LogP contribution in [0.5, 0.6) is 11.5 Å². The Morgan fingerprint density at radius 2 is 2.06 bits per heavy atom. The van der Waals surface area contributed by atoms with E-state index in [1.54, 1.807) is 18.3 Å². The van der Waals surface area contributed by atoms with Crippen molar-refractivity contribution < 1.29 is 9.13 Å². The molecule has 0 spiro atoms. The Hall–Kier alpha value is -1.32. The van der Waals surface area contributed by atoms with Crippen LogP contribution in [0, 0.1) is 12.7 Å². The Kier molecular flexibility index (Phi) is 4.04. The second-order valence-electron chi connectivity index (χ2n) is 3.74. The van der Waals surface area contributed by atoms with E-state index in [1.807, 2.05) is 6.92 Å². The highest BCUT2D eigenvalue weighted by atomic mass is 35.5. The molecule has 94 valence electrons. The van der Waals surface area contributed by atoms with Crippen LogP contribution in [0.15, 0.2) is 30.5 Å². The van der Waals surface area contributed by atoms with E-state index >= 15 is 0 Å². The van der Waals surface area contributed by atoms with Crippen LogP contribution in [0.1, 0.15) is 11.3 Å². The van der Waals surface area contributed by atoms with Gasteiger partial charge in [0.1, 0.15) is 5.75 Å². The molecule has 1 heterocycles. The van der Waals surface area contributed by atoms with E-state index in [0.717, 1.165) is 5.69 Å². The summed E-state index contributed by atoms with van der Waals surface area (Å²) in [5, 5.41) is 0.323. The summed E-state index contributed by atoms with van der Waals surface area (Å²) in [6.45, 7) is 1.82. The number of ether oxygens (including phenoxy) is 1. The zero-order valence-electron chi connectivity index (χ0n) is 9.58. The highest BCUT2D eigenvalue weighted by molar-refractivity contribution is 6.30. The summed E-state index contributed by atoms with van der Waals surface area (Å²) in [4.78, 5) is 4.11. The molecule has 0 saturated carbocycles. The van der Waals surface area contributed by atoms with E-state index in [-0.39, 0.29) is 11.6 Å². The van der Waals surface area contributed by atoms with Crippen molar-refractivity contribution in [1.82, 2.24) is 4.98 Å². The van der Waals surface area contributed by atoms with Crippen LogP contribution in [-0.4, -0.2) is 4.98 Å². The van der Waals surface area contributed by atoms with Crippen molar-refractivity contribution in [2.45, 2.75) is 12.8 Å². The average molecular weight is 286 g/mol. The van der Waals surface area contributed by atoms with Gasteiger partial charge in [0.15, 0.2) is 11.6 Å². The molecule has 0 bridgehead atoms. The number of pyridine rings is 1. The molecule has 1 aromatic carbocycles. The monoisotopic (exact) mass is 285 g/mol. The molecule has 0 atom stereocenters.